The van der Waals surface area contributed by atoms with E-state index in [0.29, 0.717) is 59.6 Å². The molecule has 0 radical (unpaired) electrons. The second-order valence-electron chi connectivity index (χ2n) is 8.25. The van der Waals surface area contributed by atoms with Gasteiger partial charge in [-0.05, 0) is 39.2 Å². The molecule has 1 spiro atoms. The topological polar surface area (TPSA) is 114 Å². The van der Waals surface area contributed by atoms with Crippen molar-refractivity contribution in [3.05, 3.63) is 33.9 Å². The maximum Gasteiger partial charge on any atom is 0.252 e. The molecule has 0 aromatic heterocycles. The SMILES string of the molecule is COc1cc2c(c(C)c1O)CCC1(CCc3c(C)c(O)c(C)c(NS(=O)(=O)CCl)c3O1)O2. The predicted octanol–water partition coefficient (Wildman–Crippen LogP) is 4.02. The summed E-state index contributed by atoms with van der Waals surface area (Å²) in [5, 5.41) is 20.3. The monoisotopic (exact) mass is 483 g/mol. The number of hydrogen-bond donors (Lipinski definition) is 3. The highest BCUT2D eigenvalue weighted by atomic mass is 35.5. The number of phenols is 2. The Kier molecular flexibility index (Phi) is 5.53. The Morgan fingerprint density at radius 3 is 2.31 bits per heavy atom. The average Bonchev–Trinajstić information content (AvgIpc) is 2.77. The van der Waals surface area contributed by atoms with Crippen LogP contribution in [0.5, 0.6) is 28.7 Å². The second kappa shape index (κ2) is 7.81. The smallest absolute Gasteiger partial charge is 0.252 e. The molecule has 1 atom stereocenters. The maximum atomic E-state index is 12.2. The van der Waals surface area contributed by atoms with Crippen molar-refractivity contribution in [3.63, 3.8) is 0 Å². The number of alkyl halides is 1. The molecule has 4 rings (SSSR count). The van der Waals surface area contributed by atoms with Gasteiger partial charge in [0.1, 0.15) is 16.7 Å². The van der Waals surface area contributed by atoms with E-state index < -0.39 is 21.0 Å². The molecule has 2 aromatic rings. The van der Waals surface area contributed by atoms with Gasteiger partial charge in [0.15, 0.2) is 17.2 Å². The number of nitrogens with one attached hydrogen (secondary N) is 1. The third kappa shape index (κ3) is 3.57. The lowest BCUT2D eigenvalue weighted by molar-refractivity contribution is -0.139. The Hall–Kier alpha value is -2.52. The zero-order valence-electron chi connectivity index (χ0n) is 18.3. The molecular formula is C22H26ClNO7S. The zero-order chi connectivity index (χ0) is 23.4. The van der Waals surface area contributed by atoms with Crippen LogP contribution in [0.1, 0.15) is 40.7 Å². The molecule has 0 bridgehead atoms. The van der Waals surface area contributed by atoms with E-state index in [1.807, 2.05) is 6.92 Å². The van der Waals surface area contributed by atoms with Gasteiger partial charge in [0.05, 0.1) is 12.8 Å². The van der Waals surface area contributed by atoms with E-state index in [1.54, 1.807) is 19.9 Å². The molecule has 10 heteroatoms. The van der Waals surface area contributed by atoms with Crippen LogP contribution in [-0.2, 0) is 22.9 Å². The molecule has 0 amide bonds. The normalized spacial score (nSPS) is 19.5. The highest BCUT2D eigenvalue weighted by molar-refractivity contribution is 7.93. The van der Waals surface area contributed by atoms with Crippen LogP contribution in [0.15, 0.2) is 6.07 Å². The van der Waals surface area contributed by atoms with Crippen LogP contribution in [0, 0.1) is 20.8 Å². The fourth-order valence-corrected chi connectivity index (χ4v) is 5.24. The molecule has 2 aliphatic rings. The molecule has 1 unspecified atom stereocenters. The highest BCUT2D eigenvalue weighted by Crippen LogP contribution is 2.51. The van der Waals surface area contributed by atoms with Gasteiger partial charge < -0.3 is 24.4 Å². The first-order chi connectivity index (χ1) is 15.0. The molecule has 2 aliphatic heterocycles. The fourth-order valence-electron chi connectivity index (χ4n) is 4.47. The third-order valence-electron chi connectivity index (χ3n) is 6.36. The van der Waals surface area contributed by atoms with Crippen molar-refractivity contribution < 1.29 is 32.8 Å². The summed E-state index contributed by atoms with van der Waals surface area (Å²) in [5.74, 6) is 0.277. The molecule has 8 nitrogen and oxygen atoms in total. The van der Waals surface area contributed by atoms with E-state index in [-0.39, 0.29) is 17.2 Å². The number of hydrogen-bond acceptors (Lipinski definition) is 7. The van der Waals surface area contributed by atoms with E-state index in [1.165, 1.54) is 7.11 Å². The van der Waals surface area contributed by atoms with Gasteiger partial charge in [-0.15, -0.1) is 11.6 Å². The summed E-state index contributed by atoms with van der Waals surface area (Å²) < 4.78 is 44.9. The first kappa shape index (κ1) is 22.7. The van der Waals surface area contributed by atoms with Gasteiger partial charge in [-0.1, -0.05) is 0 Å². The molecule has 174 valence electrons. The number of sulfonamides is 1. The molecule has 0 saturated heterocycles. The predicted molar refractivity (Wildman–Crippen MR) is 121 cm³/mol. The van der Waals surface area contributed by atoms with E-state index >= 15 is 0 Å². The molecule has 2 heterocycles. The number of halogens is 1. The van der Waals surface area contributed by atoms with Crippen LogP contribution in [0.25, 0.3) is 0 Å². The van der Waals surface area contributed by atoms with E-state index in [2.05, 4.69) is 4.72 Å². The lowest BCUT2D eigenvalue weighted by atomic mass is 9.87. The number of ether oxygens (including phenoxy) is 3. The van der Waals surface area contributed by atoms with E-state index in [4.69, 9.17) is 25.8 Å². The molecule has 0 aliphatic carbocycles. The van der Waals surface area contributed by atoms with Crippen LogP contribution >= 0.6 is 11.6 Å². The molecule has 2 aromatic carbocycles. The average molecular weight is 484 g/mol. The summed E-state index contributed by atoms with van der Waals surface area (Å²) in [6.45, 7) is 5.20. The standard InChI is InChI=1S/C22H26ClNO7S/c1-11-14-5-7-22(30-16(14)9-17(29-4)20(11)26)8-6-15-12(2)19(25)13(3)18(21(15)31-22)24-32(27,28)10-23/h9,24-26H,5-8,10H2,1-4H3. The van der Waals surface area contributed by atoms with Crippen LogP contribution in [0.4, 0.5) is 5.69 Å². The summed E-state index contributed by atoms with van der Waals surface area (Å²) in [6, 6.07) is 1.64. The Labute approximate surface area is 192 Å². The summed E-state index contributed by atoms with van der Waals surface area (Å²) >= 11 is 5.59. The Morgan fingerprint density at radius 2 is 1.69 bits per heavy atom. The number of anilines is 1. The van der Waals surface area contributed by atoms with Gasteiger partial charge in [-0.3, -0.25) is 4.72 Å². The molecule has 0 saturated carbocycles. The Morgan fingerprint density at radius 1 is 1.06 bits per heavy atom. The maximum absolute atomic E-state index is 12.2. The van der Waals surface area contributed by atoms with E-state index in [0.717, 1.165) is 11.1 Å². The minimum Gasteiger partial charge on any atom is -0.507 e. The van der Waals surface area contributed by atoms with Crippen LogP contribution < -0.4 is 18.9 Å². The molecule has 0 fully saturated rings. The number of rotatable bonds is 4. The van der Waals surface area contributed by atoms with Gasteiger partial charge >= 0.3 is 0 Å². The van der Waals surface area contributed by atoms with Crippen molar-refractivity contribution >= 4 is 27.3 Å². The van der Waals surface area contributed by atoms with Gasteiger partial charge in [0, 0.05) is 41.2 Å². The van der Waals surface area contributed by atoms with Crippen LogP contribution in [0.3, 0.4) is 0 Å². The van der Waals surface area contributed by atoms with Crippen molar-refractivity contribution in [1.82, 2.24) is 0 Å². The molecule has 3 N–H and O–H groups in total. The van der Waals surface area contributed by atoms with Crippen molar-refractivity contribution in [2.75, 3.05) is 17.0 Å². The zero-order valence-corrected chi connectivity index (χ0v) is 19.9. The number of aromatic hydroxyl groups is 2. The molecule has 32 heavy (non-hydrogen) atoms. The first-order valence-corrected chi connectivity index (χ1v) is 12.4. The third-order valence-corrected chi connectivity index (χ3v) is 8.02. The highest BCUT2D eigenvalue weighted by Gasteiger charge is 2.44. The van der Waals surface area contributed by atoms with Gasteiger partial charge in [-0.2, -0.15) is 0 Å². The summed E-state index contributed by atoms with van der Waals surface area (Å²) in [7, 11) is -2.36. The quantitative estimate of drug-likeness (QED) is 0.563. The lowest BCUT2D eigenvalue weighted by Crippen LogP contribution is -2.48. The number of fused-ring (bicyclic) bond motifs is 2. The minimum absolute atomic E-state index is 0.0151. The first-order valence-electron chi connectivity index (χ1n) is 10.2. The molecular weight excluding hydrogens is 458 g/mol. The number of methoxy groups -OCH3 is 1. The Balaban J connectivity index is 1.79. The summed E-state index contributed by atoms with van der Waals surface area (Å²) in [6.07, 6.45) is 2.14. The number of phenolic OH excluding ortho intramolecular Hbond substituents is 2. The van der Waals surface area contributed by atoms with Crippen molar-refractivity contribution in [1.29, 1.82) is 0 Å². The lowest BCUT2D eigenvalue weighted by Gasteiger charge is -2.43. The van der Waals surface area contributed by atoms with Crippen molar-refractivity contribution in [2.45, 2.75) is 52.2 Å². The van der Waals surface area contributed by atoms with Crippen molar-refractivity contribution in [3.8, 4) is 28.7 Å². The fraction of sp³-hybridized carbons (Fsp3) is 0.455. The van der Waals surface area contributed by atoms with Gasteiger partial charge in [0.2, 0.25) is 10.0 Å². The summed E-state index contributed by atoms with van der Waals surface area (Å²) in [4.78, 5) is 0. The number of benzene rings is 2. The van der Waals surface area contributed by atoms with E-state index in [9.17, 15) is 18.6 Å². The Bertz CT molecular complexity index is 1210. The van der Waals surface area contributed by atoms with Crippen molar-refractivity contribution in [2.24, 2.45) is 0 Å². The largest absolute Gasteiger partial charge is 0.507 e. The minimum atomic E-state index is -3.83. The van der Waals surface area contributed by atoms with Crippen LogP contribution in [0.2, 0.25) is 0 Å². The van der Waals surface area contributed by atoms with Gasteiger partial charge in [-0.25, -0.2) is 8.42 Å². The van der Waals surface area contributed by atoms with Crippen LogP contribution in [-0.4, -0.2) is 36.7 Å². The van der Waals surface area contributed by atoms with Gasteiger partial charge in [0.25, 0.3) is 5.79 Å². The second-order valence-corrected chi connectivity index (χ2v) is 10.6. The summed E-state index contributed by atoms with van der Waals surface area (Å²) in [5.41, 5.74) is 3.45.